The smallest absolute Gasteiger partial charge is 0.405 e. The molecule has 2 aromatic rings. The van der Waals surface area contributed by atoms with E-state index in [1.807, 2.05) is 0 Å². The Kier molecular flexibility index (Phi) is 4.18. The summed E-state index contributed by atoms with van der Waals surface area (Å²) < 4.78 is 54.1. The lowest BCUT2D eigenvalue weighted by Crippen LogP contribution is -2.19. The van der Waals surface area contributed by atoms with Gasteiger partial charge in [0, 0.05) is 5.56 Å². The average molecular weight is 319 g/mol. The number of hydrogen-bond acceptors (Lipinski definition) is 2. The van der Waals surface area contributed by atoms with E-state index in [-0.39, 0.29) is 11.1 Å². The van der Waals surface area contributed by atoms with E-state index < -0.39 is 28.7 Å². The highest BCUT2D eigenvalue weighted by atomic mass is 35.5. The Bertz CT molecular complexity index is 683. The van der Waals surface area contributed by atoms with Gasteiger partial charge in [-0.1, -0.05) is 29.8 Å². The standard InChI is InChI=1S/C14H7ClF4O2/c15-12-9(5-3-6-10(12)16)13(20)8-4-1-2-7-11(8)21-14(17,18)19/h1-7H. The Balaban J connectivity index is 2.47. The van der Waals surface area contributed by atoms with Crippen LogP contribution in [0.15, 0.2) is 42.5 Å². The van der Waals surface area contributed by atoms with Crippen LogP contribution >= 0.6 is 11.6 Å². The quantitative estimate of drug-likeness (QED) is 0.610. The Labute approximate surface area is 121 Å². The predicted octanol–water partition coefficient (Wildman–Crippen LogP) is 4.61. The molecule has 0 amide bonds. The van der Waals surface area contributed by atoms with Gasteiger partial charge < -0.3 is 4.74 Å². The van der Waals surface area contributed by atoms with Crippen molar-refractivity contribution in [3.8, 4) is 5.75 Å². The minimum Gasteiger partial charge on any atom is -0.405 e. The number of para-hydroxylation sites is 1. The third-order valence-corrected chi connectivity index (χ3v) is 2.94. The highest BCUT2D eigenvalue weighted by molar-refractivity contribution is 6.35. The summed E-state index contributed by atoms with van der Waals surface area (Å²) in [5.41, 5.74) is -0.600. The first kappa shape index (κ1) is 15.3. The van der Waals surface area contributed by atoms with Crippen molar-refractivity contribution in [2.24, 2.45) is 0 Å². The summed E-state index contributed by atoms with van der Waals surface area (Å²) in [5.74, 6) is -2.37. The third kappa shape index (κ3) is 3.52. The fraction of sp³-hybridized carbons (Fsp3) is 0.0714. The van der Waals surface area contributed by atoms with Crippen molar-refractivity contribution in [3.63, 3.8) is 0 Å². The van der Waals surface area contributed by atoms with E-state index in [0.717, 1.165) is 18.2 Å². The molecule has 0 heterocycles. The van der Waals surface area contributed by atoms with Crippen molar-refractivity contribution in [2.45, 2.75) is 6.36 Å². The van der Waals surface area contributed by atoms with Crippen LogP contribution in [-0.4, -0.2) is 12.1 Å². The maximum Gasteiger partial charge on any atom is 0.573 e. The molecule has 0 radical (unpaired) electrons. The van der Waals surface area contributed by atoms with Gasteiger partial charge in [-0.15, -0.1) is 13.2 Å². The molecule has 0 fully saturated rings. The first-order valence-corrected chi connectivity index (χ1v) is 6.01. The minimum absolute atomic E-state index is 0.241. The maximum atomic E-state index is 13.3. The van der Waals surface area contributed by atoms with Crippen LogP contribution in [0.2, 0.25) is 5.02 Å². The van der Waals surface area contributed by atoms with E-state index in [9.17, 15) is 22.4 Å². The van der Waals surface area contributed by atoms with E-state index in [1.54, 1.807) is 0 Å². The number of ether oxygens (including phenoxy) is 1. The fourth-order valence-electron chi connectivity index (χ4n) is 1.69. The number of ketones is 1. The molecule has 0 atom stereocenters. The van der Waals surface area contributed by atoms with E-state index in [2.05, 4.69) is 4.74 Å². The molecular weight excluding hydrogens is 312 g/mol. The van der Waals surface area contributed by atoms with E-state index >= 15 is 0 Å². The Morgan fingerprint density at radius 3 is 2.29 bits per heavy atom. The summed E-state index contributed by atoms with van der Waals surface area (Å²) in [6, 6.07) is 8.28. The normalized spacial score (nSPS) is 11.3. The van der Waals surface area contributed by atoms with Gasteiger partial charge in [0.2, 0.25) is 0 Å². The molecule has 2 rings (SSSR count). The van der Waals surface area contributed by atoms with Crippen molar-refractivity contribution in [1.82, 2.24) is 0 Å². The van der Waals surface area contributed by atoms with Gasteiger partial charge in [-0.2, -0.15) is 0 Å². The number of alkyl halides is 3. The minimum atomic E-state index is -4.94. The molecule has 110 valence electrons. The number of rotatable bonds is 3. The Hall–Kier alpha value is -2.08. The first-order valence-electron chi connectivity index (χ1n) is 5.63. The lowest BCUT2D eigenvalue weighted by atomic mass is 10.0. The second kappa shape index (κ2) is 5.73. The largest absolute Gasteiger partial charge is 0.573 e. The van der Waals surface area contributed by atoms with Gasteiger partial charge in [0.25, 0.3) is 0 Å². The number of carbonyl (C=O) groups excluding carboxylic acids is 1. The predicted molar refractivity (Wildman–Crippen MR) is 68.0 cm³/mol. The lowest BCUT2D eigenvalue weighted by Gasteiger charge is -2.13. The molecule has 2 nitrogen and oxygen atoms in total. The van der Waals surface area contributed by atoms with Crippen LogP contribution in [0.3, 0.4) is 0 Å². The third-order valence-electron chi connectivity index (χ3n) is 2.55. The van der Waals surface area contributed by atoms with Crippen molar-refractivity contribution in [1.29, 1.82) is 0 Å². The summed E-state index contributed by atoms with van der Waals surface area (Å²) in [6.45, 7) is 0. The van der Waals surface area contributed by atoms with Crippen molar-refractivity contribution < 1.29 is 27.1 Å². The molecule has 2 aromatic carbocycles. The van der Waals surface area contributed by atoms with Gasteiger partial charge in [-0.05, 0) is 24.3 Å². The molecule has 0 N–H and O–H groups in total. The van der Waals surface area contributed by atoms with Crippen LogP contribution in [0.5, 0.6) is 5.75 Å². The van der Waals surface area contributed by atoms with Crippen LogP contribution in [-0.2, 0) is 0 Å². The summed E-state index contributed by atoms with van der Waals surface area (Å²) in [7, 11) is 0. The van der Waals surface area contributed by atoms with Gasteiger partial charge in [0.05, 0.1) is 10.6 Å². The maximum absolute atomic E-state index is 13.3. The molecule has 21 heavy (non-hydrogen) atoms. The van der Waals surface area contributed by atoms with Gasteiger partial charge in [0.1, 0.15) is 11.6 Å². The molecule has 0 unspecified atom stereocenters. The summed E-state index contributed by atoms with van der Waals surface area (Å²) in [4.78, 5) is 12.2. The van der Waals surface area contributed by atoms with Crippen LogP contribution < -0.4 is 4.74 Å². The monoisotopic (exact) mass is 318 g/mol. The van der Waals surface area contributed by atoms with Crippen LogP contribution in [0.4, 0.5) is 17.6 Å². The zero-order chi connectivity index (χ0) is 15.6. The molecule has 0 aliphatic heterocycles. The number of carbonyl (C=O) groups is 1. The number of benzene rings is 2. The summed E-state index contributed by atoms with van der Waals surface area (Å²) in [6.07, 6.45) is -4.94. The molecule has 0 aromatic heterocycles. The second-order valence-corrected chi connectivity index (χ2v) is 4.35. The first-order chi connectivity index (χ1) is 9.79. The van der Waals surface area contributed by atoms with Crippen molar-refractivity contribution in [2.75, 3.05) is 0 Å². The van der Waals surface area contributed by atoms with Crippen molar-refractivity contribution in [3.05, 3.63) is 64.4 Å². The van der Waals surface area contributed by atoms with E-state index in [0.29, 0.717) is 0 Å². The molecule has 0 saturated carbocycles. The highest BCUT2D eigenvalue weighted by Crippen LogP contribution is 2.30. The Morgan fingerprint density at radius 1 is 1.00 bits per heavy atom. The highest BCUT2D eigenvalue weighted by Gasteiger charge is 2.33. The van der Waals surface area contributed by atoms with Crippen LogP contribution in [0, 0.1) is 5.82 Å². The topological polar surface area (TPSA) is 26.3 Å². The van der Waals surface area contributed by atoms with Gasteiger partial charge in [-0.3, -0.25) is 4.79 Å². The molecule has 0 spiro atoms. The average Bonchev–Trinajstić information content (AvgIpc) is 2.40. The number of halogens is 5. The summed E-state index contributed by atoms with van der Waals surface area (Å²) in [5, 5.41) is -0.454. The molecule has 0 saturated heterocycles. The van der Waals surface area contributed by atoms with E-state index in [1.165, 1.54) is 24.3 Å². The zero-order valence-corrected chi connectivity index (χ0v) is 11.0. The molecule has 0 bridgehead atoms. The van der Waals surface area contributed by atoms with Gasteiger partial charge in [0.15, 0.2) is 5.78 Å². The fourth-order valence-corrected chi connectivity index (χ4v) is 1.90. The van der Waals surface area contributed by atoms with Crippen molar-refractivity contribution >= 4 is 17.4 Å². The zero-order valence-electron chi connectivity index (χ0n) is 10.2. The second-order valence-electron chi connectivity index (χ2n) is 3.97. The molecular formula is C14H7ClF4O2. The lowest BCUT2D eigenvalue weighted by molar-refractivity contribution is -0.274. The van der Waals surface area contributed by atoms with Gasteiger partial charge >= 0.3 is 6.36 Å². The van der Waals surface area contributed by atoms with Gasteiger partial charge in [-0.25, -0.2) is 4.39 Å². The van der Waals surface area contributed by atoms with Crippen LogP contribution in [0.1, 0.15) is 15.9 Å². The number of hydrogen-bond donors (Lipinski definition) is 0. The molecule has 0 aliphatic rings. The summed E-state index contributed by atoms with van der Waals surface area (Å²) >= 11 is 5.66. The molecule has 0 aliphatic carbocycles. The van der Waals surface area contributed by atoms with Crippen LogP contribution in [0.25, 0.3) is 0 Å². The molecule has 7 heteroatoms. The Morgan fingerprint density at radius 2 is 1.62 bits per heavy atom. The SMILES string of the molecule is O=C(c1ccccc1OC(F)(F)F)c1cccc(F)c1Cl. The van der Waals surface area contributed by atoms with E-state index in [4.69, 9.17) is 11.6 Å².